The standard InChI is InChI=1S/C14H26N2S/c1-2-17-13-9-8-12(10-13)16-14(15)11-6-4-3-5-7-11/h11-13H,2-10H2,1H3,(H2,15,16). The van der Waals surface area contributed by atoms with Gasteiger partial charge in [0.1, 0.15) is 0 Å². The summed E-state index contributed by atoms with van der Waals surface area (Å²) >= 11 is 2.10. The van der Waals surface area contributed by atoms with Crippen LogP contribution in [0.2, 0.25) is 0 Å². The van der Waals surface area contributed by atoms with Crippen LogP contribution in [0.3, 0.4) is 0 Å². The second-order valence-corrected chi connectivity index (χ2v) is 7.01. The van der Waals surface area contributed by atoms with Crippen LogP contribution < -0.4 is 5.73 Å². The molecule has 2 rings (SSSR count). The Kier molecular flexibility index (Phi) is 5.20. The summed E-state index contributed by atoms with van der Waals surface area (Å²) in [6.45, 7) is 2.25. The van der Waals surface area contributed by atoms with Crippen LogP contribution in [-0.2, 0) is 0 Å². The first-order chi connectivity index (χ1) is 8.29. The van der Waals surface area contributed by atoms with Crippen molar-refractivity contribution in [2.75, 3.05) is 5.75 Å². The highest BCUT2D eigenvalue weighted by atomic mass is 32.2. The quantitative estimate of drug-likeness (QED) is 0.615. The second kappa shape index (κ2) is 6.67. The first kappa shape index (κ1) is 13.3. The minimum atomic E-state index is 0.529. The van der Waals surface area contributed by atoms with Gasteiger partial charge in [0, 0.05) is 11.2 Å². The summed E-state index contributed by atoms with van der Waals surface area (Å²) in [7, 11) is 0. The topological polar surface area (TPSA) is 38.4 Å². The lowest BCUT2D eigenvalue weighted by molar-refractivity contribution is 0.435. The fraction of sp³-hybridized carbons (Fsp3) is 0.929. The van der Waals surface area contributed by atoms with Crippen molar-refractivity contribution >= 4 is 17.6 Å². The van der Waals surface area contributed by atoms with Crippen LogP contribution in [0.1, 0.15) is 58.3 Å². The zero-order valence-electron chi connectivity index (χ0n) is 11.0. The molecule has 0 radical (unpaired) electrons. The Bertz CT molecular complexity index is 259. The van der Waals surface area contributed by atoms with E-state index in [-0.39, 0.29) is 0 Å². The second-order valence-electron chi connectivity index (χ2n) is 5.43. The highest BCUT2D eigenvalue weighted by Crippen LogP contribution is 2.32. The zero-order valence-corrected chi connectivity index (χ0v) is 11.8. The summed E-state index contributed by atoms with van der Waals surface area (Å²) < 4.78 is 0. The number of nitrogens with two attached hydrogens (primary N) is 1. The average molecular weight is 254 g/mol. The van der Waals surface area contributed by atoms with Crippen LogP contribution in [0.15, 0.2) is 4.99 Å². The number of amidine groups is 1. The summed E-state index contributed by atoms with van der Waals surface area (Å²) in [6.07, 6.45) is 10.5. The van der Waals surface area contributed by atoms with Crippen LogP contribution in [0.5, 0.6) is 0 Å². The average Bonchev–Trinajstić information content (AvgIpc) is 2.78. The molecule has 98 valence electrons. The number of nitrogens with zero attached hydrogens (tertiary/aromatic N) is 1. The van der Waals surface area contributed by atoms with Gasteiger partial charge in [0.15, 0.2) is 0 Å². The van der Waals surface area contributed by atoms with Crippen molar-refractivity contribution in [3.05, 3.63) is 0 Å². The van der Waals surface area contributed by atoms with E-state index in [4.69, 9.17) is 10.7 Å². The lowest BCUT2D eigenvalue weighted by atomic mass is 9.88. The highest BCUT2D eigenvalue weighted by molar-refractivity contribution is 7.99. The van der Waals surface area contributed by atoms with Gasteiger partial charge in [-0.1, -0.05) is 26.2 Å². The van der Waals surface area contributed by atoms with E-state index in [0.717, 1.165) is 11.1 Å². The summed E-state index contributed by atoms with van der Waals surface area (Å²) in [5.74, 6) is 2.80. The summed E-state index contributed by atoms with van der Waals surface area (Å²) in [6, 6.07) is 0.529. The van der Waals surface area contributed by atoms with Gasteiger partial charge in [0.05, 0.1) is 11.9 Å². The third kappa shape index (κ3) is 3.90. The van der Waals surface area contributed by atoms with Gasteiger partial charge in [-0.25, -0.2) is 0 Å². The molecule has 0 aromatic carbocycles. The Morgan fingerprint density at radius 1 is 1.18 bits per heavy atom. The van der Waals surface area contributed by atoms with Gasteiger partial charge in [0.25, 0.3) is 0 Å². The predicted molar refractivity (Wildman–Crippen MR) is 77.8 cm³/mol. The van der Waals surface area contributed by atoms with E-state index in [1.165, 1.54) is 57.1 Å². The largest absolute Gasteiger partial charge is 0.387 e. The Balaban J connectivity index is 1.82. The SMILES string of the molecule is CCSC1CCC(N=C(N)C2CCCCC2)C1. The Labute approximate surface area is 110 Å². The molecule has 3 heteroatoms. The van der Waals surface area contributed by atoms with Crippen molar-refractivity contribution in [1.82, 2.24) is 0 Å². The van der Waals surface area contributed by atoms with Gasteiger partial charge in [-0.05, 0) is 37.9 Å². The molecule has 0 bridgehead atoms. The Morgan fingerprint density at radius 3 is 2.65 bits per heavy atom. The normalized spacial score (nSPS) is 31.9. The van der Waals surface area contributed by atoms with Crippen molar-refractivity contribution in [3.8, 4) is 0 Å². The van der Waals surface area contributed by atoms with Crippen molar-refractivity contribution in [3.63, 3.8) is 0 Å². The Hall–Kier alpha value is -0.180. The minimum Gasteiger partial charge on any atom is -0.387 e. The number of thioether (sulfide) groups is 1. The number of hydrogen-bond donors (Lipinski definition) is 1. The minimum absolute atomic E-state index is 0.529. The Morgan fingerprint density at radius 2 is 1.94 bits per heavy atom. The molecular weight excluding hydrogens is 228 g/mol. The fourth-order valence-corrected chi connectivity index (χ4v) is 4.27. The van der Waals surface area contributed by atoms with E-state index in [1.54, 1.807) is 0 Å². The first-order valence-corrected chi connectivity index (χ1v) is 8.29. The molecule has 2 saturated carbocycles. The molecule has 2 fully saturated rings. The number of hydrogen-bond acceptors (Lipinski definition) is 2. The van der Waals surface area contributed by atoms with Crippen LogP contribution in [-0.4, -0.2) is 22.9 Å². The third-order valence-electron chi connectivity index (χ3n) is 4.11. The molecule has 2 atom stereocenters. The summed E-state index contributed by atoms with van der Waals surface area (Å²) in [4.78, 5) is 4.81. The predicted octanol–water partition coefficient (Wildman–Crippen LogP) is 3.60. The van der Waals surface area contributed by atoms with Gasteiger partial charge in [-0.2, -0.15) is 11.8 Å². The van der Waals surface area contributed by atoms with Crippen molar-refractivity contribution in [1.29, 1.82) is 0 Å². The molecule has 0 heterocycles. The molecule has 17 heavy (non-hydrogen) atoms. The fourth-order valence-electron chi connectivity index (χ4n) is 3.14. The van der Waals surface area contributed by atoms with E-state index in [0.29, 0.717) is 12.0 Å². The van der Waals surface area contributed by atoms with E-state index in [2.05, 4.69) is 18.7 Å². The van der Waals surface area contributed by atoms with Crippen molar-refractivity contribution in [2.45, 2.75) is 69.6 Å². The van der Waals surface area contributed by atoms with E-state index in [1.807, 2.05) is 0 Å². The van der Waals surface area contributed by atoms with Gasteiger partial charge in [-0.3, -0.25) is 4.99 Å². The maximum atomic E-state index is 6.19. The summed E-state index contributed by atoms with van der Waals surface area (Å²) in [5.41, 5.74) is 6.19. The van der Waals surface area contributed by atoms with Crippen LogP contribution in [0.25, 0.3) is 0 Å². The van der Waals surface area contributed by atoms with Crippen molar-refractivity contribution < 1.29 is 0 Å². The smallest absolute Gasteiger partial charge is 0.0971 e. The maximum absolute atomic E-state index is 6.19. The lowest BCUT2D eigenvalue weighted by Gasteiger charge is -2.21. The third-order valence-corrected chi connectivity index (χ3v) is 5.35. The molecule has 0 amide bonds. The van der Waals surface area contributed by atoms with Gasteiger partial charge in [0.2, 0.25) is 0 Å². The molecule has 0 saturated heterocycles. The van der Waals surface area contributed by atoms with Crippen LogP contribution in [0.4, 0.5) is 0 Å². The maximum Gasteiger partial charge on any atom is 0.0971 e. The molecule has 2 nitrogen and oxygen atoms in total. The van der Waals surface area contributed by atoms with E-state index < -0.39 is 0 Å². The zero-order chi connectivity index (χ0) is 12.1. The molecule has 0 spiro atoms. The van der Waals surface area contributed by atoms with E-state index in [9.17, 15) is 0 Å². The van der Waals surface area contributed by atoms with Crippen molar-refractivity contribution in [2.24, 2.45) is 16.6 Å². The number of aliphatic imine (C=N–C) groups is 1. The monoisotopic (exact) mass is 254 g/mol. The first-order valence-electron chi connectivity index (χ1n) is 7.24. The summed E-state index contributed by atoms with van der Waals surface area (Å²) in [5, 5.41) is 0.841. The van der Waals surface area contributed by atoms with Crippen LogP contribution in [0, 0.1) is 5.92 Å². The molecular formula is C14H26N2S. The van der Waals surface area contributed by atoms with Gasteiger partial charge < -0.3 is 5.73 Å². The molecule has 0 aromatic heterocycles. The molecule has 2 unspecified atom stereocenters. The molecule has 2 N–H and O–H groups in total. The molecule has 2 aliphatic rings. The number of rotatable bonds is 4. The molecule has 0 aromatic rings. The highest BCUT2D eigenvalue weighted by Gasteiger charge is 2.25. The van der Waals surface area contributed by atoms with Gasteiger partial charge >= 0.3 is 0 Å². The van der Waals surface area contributed by atoms with Gasteiger partial charge in [-0.15, -0.1) is 0 Å². The van der Waals surface area contributed by atoms with Crippen LogP contribution >= 0.6 is 11.8 Å². The molecule has 2 aliphatic carbocycles. The van der Waals surface area contributed by atoms with E-state index >= 15 is 0 Å². The molecule has 0 aliphatic heterocycles. The lowest BCUT2D eigenvalue weighted by Crippen LogP contribution is -2.27.